The first-order valence-corrected chi connectivity index (χ1v) is 5.46. The molecule has 1 rings (SSSR count). The number of aromatic nitrogens is 1. The Morgan fingerprint density at radius 2 is 2.20 bits per heavy atom. The van der Waals surface area contributed by atoms with Crippen LogP contribution >= 0.6 is 0 Å². The van der Waals surface area contributed by atoms with Crippen LogP contribution in [-0.4, -0.2) is 41.5 Å². The van der Waals surface area contributed by atoms with Crippen LogP contribution in [0.5, 0.6) is 0 Å². The van der Waals surface area contributed by atoms with Crippen LogP contribution in [-0.2, 0) is 9.53 Å². The maximum atomic E-state index is 11.8. The zero-order chi connectivity index (χ0) is 15.1. The number of rotatable bonds is 7. The molecule has 0 atom stereocenters. The van der Waals surface area contributed by atoms with E-state index in [1.165, 1.54) is 0 Å². The van der Waals surface area contributed by atoms with Gasteiger partial charge in [-0.2, -0.15) is 0 Å². The fourth-order valence-electron chi connectivity index (χ4n) is 1.30. The Labute approximate surface area is 113 Å². The number of carbonyl (C=O) groups excluding carboxylic acids is 2. The molecule has 1 aromatic heterocycles. The Morgan fingerprint density at radius 1 is 1.50 bits per heavy atom. The quantitative estimate of drug-likeness (QED) is 0.321. The summed E-state index contributed by atoms with van der Waals surface area (Å²) < 4.78 is 4.82. The van der Waals surface area contributed by atoms with Crippen molar-refractivity contribution in [2.45, 2.75) is 0 Å². The number of nitrogens with one attached hydrogen (secondary N) is 1. The second kappa shape index (κ2) is 6.99. The first kappa shape index (κ1) is 15.3. The van der Waals surface area contributed by atoms with Crippen molar-refractivity contribution in [3.8, 4) is 0 Å². The first-order chi connectivity index (χ1) is 9.41. The number of nitrogens with two attached hydrogens (primary N) is 2. The average molecular weight is 283 g/mol. The van der Waals surface area contributed by atoms with Crippen molar-refractivity contribution < 1.29 is 19.2 Å². The molecule has 0 saturated heterocycles. The van der Waals surface area contributed by atoms with E-state index in [1.54, 1.807) is 0 Å². The van der Waals surface area contributed by atoms with Crippen molar-refractivity contribution in [1.82, 2.24) is 10.3 Å². The number of hydrogen-bond donors (Lipinski definition) is 3. The highest BCUT2D eigenvalue weighted by molar-refractivity contribution is 5.98. The van der Waals surface area contributed by atoms with Gasteiger partial charge >= 0.3 is 0 Å². The Kier molecular flexibility index (Phi) is 5.35. The summed E-state index contributed by atoms with van der Waals surface area (Å²) in [6.07, 6.45) is 0.911. The lowest BCUT2D eigenvalue weighted by atomic mass is 10.2. The van der Waals surface area contributed by atoms with E-state index in [0.29, 0.717) is 0 Å². The highest BCUT2D eigenvalue weighted by atomic mass is 16.6. The second-order valence-corrected chi connectivity index (χ2v) is 3.66. The van der Waals surface area contributed by atoms with Gasteiger partial charge in [0.15, 0.2) is 0 Å². The topological polar surface area (TPSA) is 163 Å². The van der Waals surface area contributed by atoms with Gasteiger partial charge in [-0.25, -0.2) is 4.98 Å². The van der Waals surface area contributed by atoms with Gasteiger partial charge in [0, 0.05) is 6.54 Å². The number of nitrogen functional groups attached to an aromatic ring is 1. The number of amides is 2. The molecule has 10 heteroatoms. The van der Waals surface area contributed by atoms with Crippen molar-refractivity contribution in [3.05, 3.63) is 27.9 Å². The van der Waals surface area contributed by atoms with Crippen LogP contribution in [0, 0.1) is 10.1 Å². The first-order valence-electron chi connectivity index (χ1n) is 5.46. The van der Waals surface area contributed by atoms with Crippen LogP contribution in [0.3, 0.4) is 0 Å². The number of pyridine rings is 1. The monoisotopic (exact) mass is 283 g/mol. The molecule has 5 N–H and O–H groups in total. The Bertz CT molecular complexity index is 533. The summed E-state index contributed by atoms with van der Waals surface area (Å²) in [5.74, 6) is -1.33. The van der Waals surface area contributed by atoms with Gasteiger partial charge in [0.05, 0.1) is 11.5 Å². The predicted octanol–water partition coefficient (Wildman–Crippen LogP) is -1.20. The molecule has 0 aliphatic heterocycles. The third-order valence-corrected chi connectivity index (χ3v) is 2.12. The van der Waals surface area contributed by atoms with Crippen molar-refractivity contribution in [2.24, 2.45) is 5.73 Å². The van der Waals surface area contributed by atoms with Crippen molar-refractivity contribution in [2.75, 3.05) is 25.5 Å². The lowest BCUT2D eigenvalue weighted by molar-refractivity contribution is -0.385. The van der Waals surface area contributed by atoms with E-state index in [9.17, 15) is 19.7 Å². The van der Waals surface area contributed by atoms with Gasteiger partial charge in [0.1, 0.15) is 24.2 Å². The van der Waals surface area contributed by atoms with Gasteiger partial charge in [-0.3, -0.25) is 19.7 Å². The van der Waals surface area contributed by atoms with Crippen molar-refractivity contribution >= 4 is 23.3 Å². The molecule has 20 heavy (non-hydrogen) atoms. The van der Waals surface area contributed by atoms with Crippen LogP contribution in [0.2, 0.25) is 0 Å². The third kappa shape index (κ3) is 4.49. The van der Waals surface area contributed by atoms with E-state index < -0.39 is 22.4 Å². The smallest absolute Gasteiger partial charge is 0.300 e. The van der Waals surface area contributed by atoms with Gasteiger partial charge < -0.3 is 21.5 Å². The molecule has 0 aliphatic carbocycles. The molecule has 0 aliphatic rings. The minimum absolute atomic E-state index is 0.00858. The molecule has 2 amide bonds. The molecule has 108 valence electrons. The fourth-order valence-corrected chi connectivity index (χ4v) is 1.30. The van der Waals surface area contributed by atoms with Gasteiger partial charge in [-0.05, 0) is 6.07 Å². The largest absolute Gasteiger partial charge is 0.384 e. The molecule has 0 radical (unpaired) electrons. The lowest BCUT2D eigenvalue weighted by Gasteiger charge is -2.06. The number of carbonyl (C=O) groups is 2. The van der Waals surface area contributed by atoms with E-state index in [2.05, 4.69) is 10.3 Å². The van der Waals surface area contributed by atoms with E-state index >= 15 is 0 Å². The van der Waals surface area contributed by atoms with Gasteiger partial charge in [-0.15, -0.1) is 0 Å². The zero-order valence-corrected chi connectivity index (χ0v) is 10.4. The number of nitrogens with zero attached hydrogens (tertiary/aromatic N) is 2. The molecule has 1 aromatic rings. The molecule has 0 fully saturated rings. The van der Waals surface area contributed by atoms with Crippen LogP contribution in [0.1, 0.15) is 10.4 Å². The molecule has 0 bridgehead atoms. The number of hydrogen-bond acceptors (Lipinski definition) is 7. The number of anilines is 1. The molecule has 10 nitrogen and oxygen atoms in total. The Hall–Kier alpha value is -2.75. The summed E-state index contributed by atoms with van der Waals surface area (Å²) in [4.78, 5) is 35.7. The minimum Gasteiger partial charge on any atom is -0.384 e. The third-order valence-electron chi connectivity index (χ3n) is 2.12. The molecule has 0 unspecified atom stereocenters. The number of primary amides is 1. The second-order valence-electron chi connectivity index (χ2n) is 3.66. The Balaban J connectivity index is 2.61. The summed E-state index contributed by atoms with van der Waals surface area (Å²) in [5.41, 5.74) is 9.59. The average Bonchev–Trinajstić information content (AvgIpc) is 2.37. The van der Waals surface area contributed by atoms with E-state index in [-0.39, 0.29) is 31.1 Å². The van der Waals surface area contributed by atoms with E-state index in [4.69, 9.17) is 16.2 Å². The molecule has 0 saturated carbocycles. The lowest BCUT2D eigenvalue weighted by Crippen LogP contribution is -2.29. The van der Waals surface area contributed by atoms with Crippen LogP contribution in [0.25, 0.3) is 0 Å². The Morgan fingerprint density at radius 3 is 2.80 bits per heavy atom. The van der Waals surface area contributed by atoms with Crippen LogP contribution in [0.4, 0.5) is 11.5 Å². The summed E-state index contributed by atoms with van der Waals surface area (Å²) in [6, 6.07) is 1.11. The highest BCUT2D eigenvalue weighted by Gasteiger charge is 2.20. The molecule has 1 heterocycles. The van der Waals surface area contributed by atoms with E-state index in [1.807, 2.05) is 0 Å². The fraction of sp³-hybridized carbons (Fsp3) is 0.300. The molecular weight excluding hydrogens is 270 g/mol. The minimum atomic E-state index is -0.731. The van der Waals surface area contributed by atoms with Crippen LogP contribution in [0.15, 0.2) is 12.3 Å². The summed E-state index contributed by atoms with van der Waals surface area (Å²) >= 11 is 0. The summed E-state index contributed by atoms with van der Waals surface area (Å²) in [6.45, 7) is -0.160. The van der Waals surface area contributed by atoms with Gasteiger partial charge in [0.2, 0.25) is 5.91 Å². The number of nitro groups is 1. The van der Waals surface area contributed by atoms with Gasteiger partial charge in [0.25, 0.3) is 11.6 Å². The SMILES string of the molecule is NC(=O)COCCNC(=O)c1cc(N)ncc1[N+](=O)[O-]. The maximum Gasteiger partial charge on any atom is 0.300 e. The van der Waals surface area contributed by atoms with E-state index in [0.717, 1.165) is 12.3 Å². The maximum absolute atomic E-state index is 11.8. The number of ether oxygens (including phenoxy) is 1. The van der Waals surface area contributed by atoms with Crippen molar-refractivity contribution in [1.29, 1.82) is 0 Å². The summed E-state index contributed by atoms with van der Waals surface area (Å²) in [5, 5.41) is 13.1. The van der Waals surface area contributed by atoms with Crippen molar-refractivity contribution in [3.63, 3.8) is 0 Å². The predicted molar refractivity (Wildman–Crippen MR) is 67.7 cm³/mol. The standard InChI is InChI=1S/C10H13N5O5/c11-8-3-6(7(4-14-8)15(18)19)10(17)13-1-2-20-5-9(12)16/h3-4H,1-2,5H2,(H2,11,14)(H2,12,16)(H,13,17). The van der Waals surface area contributed by atoms with Crippen LogP contribution < -0.4 is 16.8 Å². The molecule has 0 aromatic carbocycles. The normalized spacial score (nSPS) is 10.0. The molecular formula is C10H13N5O5. The summed E-state index contributed by atoms with van der Waals surface area (Å²) in [7, 11) is 0. The molecule has 0 spiro atoms. The highest BCUT2D eigenvalue weighted by Crippen LogP contribution is 2.18. The zero-order valence-electron chi connectivity index (χ0n) is 10.4. The van der Waals surface area contributed by atoms with Gasteiger partial charge in [-0.1, -0.05) is 0 Å².